The molecule has 0 unspecified atom stereocenters. The van der Waals surface area contributed by atoms with Crippen molar-refractivity contribution in [2.75, 3.05) is 11.9 Å². The normalized spacial score (nSPS) is 11.9. The van der Waals surface area contributed by atoms with Gasteiger partial charge in [-0.15, -0.1) is 0 Å². The molecule has 0 aliphatic rings. The lowest BCUT2D eigenvalue weighted by molar-refractivity contribution is -0.119. The van der Waals surface area contributed by atoms with Crippen molar-refractivity contribution in [3.63, 3.8) is 0 Å². The highest BCUT2D eigenvalue weighted by molar-refractivity contribution is 6.01. The fourth-order valence-electron chi connectivity index (χ4n) is 2.50. The number of carbonyl (C=O) groups excluding carboxylic acids is 2. The van der Waals surface area contributed by atoms with E-state index in [-0.39, 0.29) is 30.0 Å². The summed E-state index contributed by atoms with van der Waals surface area (Å²) in [6, 6.07) is 10.7. The van der Waals surface area contributed by atoms with Crippen LogP contribution < -0.4 is 16.0 Å². The molecule has 2 aromatic carbocycles. The zero-order chi connectivity index (χ0) is 19.1. The van der Waals surface area contributed by atoms with E-state index in [4.69, 9.17) is 0 Å². The largest absolute Gasteiger partial charge is 0.326 e. The molecule has 2 rings (SSSR count). The standard InChI is InChI=1S/C19H21F2N3O2/c1-12(2)18(13-7-9-14(20)10-8-13)22-11-17(25)24-19(26)23-16-6-4-3-5-15(16)21/h3-10,12,18,22H,11H2,1-2H3,(H2,23,24,25,26)/t18-/m0/s1. The molecule has 0 bridgehead atoms. The number of urea groups is 1. The molecule has 0 saturated carbocycles. The Kier molecular flexibility index (Phi) is 6.80. The first-order valence-electron chi connectivity index (χ1n) is 8.21. The second kappa shape index (κ2) is 9.05. The van der Waals surface area contributed by atoms with Crippen LogP contribution in [0.15, 0.2) is 48.5 Å². The summed E-state index contributed by atoms with van der Waals surface area (Å²) >= 11 is 0. The summed E-state index contributed by atoms with van der Waals surface area (Å²) in [6.07, 6.45) is 0. The van der Waals surface area contributed by atoms with Gasteiger partial charge in [-0.3, -0.25) is 10.1 Å². The zero-order valence-electron chi connectivity index (χ0n) is 14.6. The lowest BCUT2D eigenvalue weighted by Gasteiger charge is -2.22. The summed E-state index contributed by atoms with van der Waals surface area (Å²) in [5.41, 5.74) is 0.821. The first kappa shape index (κ1) is 19.5. The van der Waals surface area contributed by atoms with E-state index >= 15 is 0 Å². The van der Waals surface area contributed by atoms with Gasteiger partial charge in [0, 0.05) is 6.04 Å². The molecular weight excluding hydrogens is 340 g/mol. The average Bonchev–Trinajstić information content (AvgIpc) is 2.58. The molecule has 2 aromatic rings. The molecule has 5 nitrogen and oxygen atoms in total. The predicted octanol–water partition coefficient (Wildman–Crippen LogP) is 3.60. The van der Waals surface area contributed by atoms with Gasteiger partial charge in [-0.25, -0.2) is 13.6 Å². The van der Waals surface area contributed by atoms with Crippen LogP contribution in [0.2, 0.25) is 0 Å². The number of nitrogens with one attached hydrogen (secondary N) is 3. The van der Waals surface area contributed by atoms with Crippen LogP contribution >= 0.6 is 0 Å². The molecule has 3 amide bonds. The number of halogens is 2. The van der Waals surface area contributed by atoms with Crippen molar-refractivity contribution in [3.05, 3.63) is 65.7 Å². The van der Waals surface area contributed by atoms with Crippen LogP contribution in [-0.2, 0) is 4.79 Å². The summed E-state index contributed by atoms with van der Waals surface area (Å²) < 4.78 is 26.5. The molecule has 1 atom stereocenters. The molecule has 0 radical (unpaired) electrons. The number of benzene rings is 2. The van der Waals surface area contributed by atoms with Gasteiger partial charge in [0.25, 0.3) is 0 Å². The Morgan fingerprint density at radius 3 is 2.27 bits per heavy atom. The van der Waals surface area contributed by atoms with Crippen molar-refractivity contribution in [2.24, 2.45) is 5.92 Å². The van der Waals surface area contributed by atoms with E-state index in [1.165, 1.54) is 30.3 Å². The summed E-state index contributed by atoms with van der Waals surface area (Å²) in [7, 11) is 0. The monoisotopic (exact) mass is 361 g/mol. The lowest BCUT2D eigenvalue weighted by atomic mass is 9.96. The number of hydrogen-bond acceptors (Lipinski definition) is 3. The highest BCUT2D eigenvalue weighted by atomic mass is 19.1. The van der Waals surface area contributed by atoms with Gasteiger partial charge in [-0.2, -0.15) is 0 Å². The maximum absolute atomic E-state index is 13.5. The van der Waals surface area contributed by atoms with Gasteiger partial charge in [-0.1, -0.05) is 38.1 Å². The molecule has 0 aromatic heterocycles. The van der Waals surface area contributed by atoms with Gasteiger partial charge in [0.2, 0.25) is 5.91 Å². The van der Waals surface area contributed by atoms with Crippen molar-refractivity contribution >= 4 is 17.6 Å². The van der Waals surface area contributed by atoms with E-state index in [0.29, 0.717) is 0 Å². The number of amides is 3. The third-order valence-corrected chi connectivity index (χ3v) is 3.75. The Balaban J connectivity index is 1.89. The van der Waals surface area contributed by atoms with Crippen molar-refractivity contribution in [3.8, 4) is 0 Å². The maximum Gasteiger partial charge on any atom is 0.326 e. The Morgan fingerprint density at radius 2 is 1.65 bits per heavy atom. The van der Waals surface area contributed by atoms with Gasteiger partial charge in [-0.05, 0) is 35.7 Å². The van der Waals surface area contributed by atoms with Crippen LogP contribution in [0.4, 0.5) is 19.3 Å². The number of hydrogen-bond donors (Lipinski definition) is 3. The first-order valence-corrected chi connectivity index (χ1v) is 8.21. The van der Waals surface area contributed by atoms with E-state index in [0.717, 1.165) is 5.56 Å². The Labute approximate surface area is 150 Å². The summed E-state index contributed by atoms with van der Waals surface area (Å²) in [6.45, 7) is 3.80. The van der Waals surface area contributed by atoms with Crippen molar-refractivity contribution in [2.45, 2.75) is 19.9 Å². The molecule has 0 aliphatic heterocycles. The number of anilines is 1. The molecule has 7 heteroatoms. The lowest BCUT2D eigenvalue weighted by Crippen LogP contribution is -2.41. The molecule has 138 valence electrons. The quantitative estimate of drug-likeness (QED) is 0.736. The summed E-state index contributed by atoms with van der Waals surface area (Å²) in [5, 5.41) is 7.45. The first-order chi connectivity index (χ1) is 12.4. The van der Waals surface area contributed by atoms with Crippen LogP contribution in [-0.4, -0.2) is 18.5 Å². The average molecular weight is 361 g/mol. The van der Waals surface area contributed by atoms with Crippen LogP contribution in [0, 0.1) is 17.6 Å². The van der Waals surface area contributed by atoms with Gasteiger partial charge in [0.15, 0.2) is 0 Å². The molecule has 0 aliphatic carbocycles. The number of carbonyl (C=O) groups is 2. The number of imide groups is 1. The topological polar surface area (TPSA) is 70.2 Å². The van der Waals surface area contributed by atoms with Gasteiger partial charge in [0.05, 0.1) is 12.2 Å². The third-order valence-electron chi connectivity index (χ3n) is 3.75. The summed E-state index contributed by atoms with van der Waals surface area (Å²) in [4.78, 5) is 23.7. The number of para-hydroxylation sites is 1. The van der Waals surface area contributed by atoms with Gasteiger partial charge >= 0.3 is 6.03 Å². The molecular formula is C19H21F2N3O2. The Morgan fingerprint density at radius 1 is 1.00 bits per heavy atom. The van der Waals surface area contributed by atoms with Gasteiger partial charge < -0.3 is 10.6 Å². The second-order valence-electron chi connectivity index (χ2n) is 6.14. The molecule has 0 saturated heterocycles. The van der Waals surface area contributed by atoms with E-state index in [9.17, 15) is 18.4 Å². The highest BCUT2D eigenvalue weighted by Gasteiger charge is 2.17. The van der Waals surface area contributed by atoms with Crippen LogP contribution in [0.1, 0.15) is 25.5 Å². The minimum atomic E-state index is -0.815. The van der Waals surface area contributed by atoms with Crippen LogP contribution in [0.25, 0.3) is 0 Å². The Hall–Kier alpha value is -2.80. The Bertz CT molecular complexity index is 764. The van der Waals surface area contributed by atoms with E-state index < -0.39 is 17.8 Å². The minimum Gasteiger partial charge on any atom is -0.305 e. The molecule has 3 N–H and O–H groups in total. The van der Waals surface area contributed by atoms with Crippen LogP contribution in [0.3, 0.4) is 0 Å². The van der Waals surface area contributed by atoms with E-state index in [2.05, 4.69) is 16.0 Å². The van der Waals surface area contributed by atoms with Crippen molar-refractivity contribution in [1.29, 1.82) is 0 Å². The summed E-state index contributed by atoms with van der Waals surface area (Å²) in [5.74, 6) is -1.35. The smallest absolute Gasteiger partial charge is 0.305 e. The van der Waals surface area contributed by atoms with Crippen molar-refractivity contribution < 1.29 is 18.4 Å². The van der Waals surface area contributed by atoms with E-state index in [1.807, 2.05) is 13.8 Å². The zero-order valence-corrected chi connectivity index (χ0v) is 14.6. The van der Waals surface area contributed by atoms with Crippen LogP contribution in [0.5, 0.6) is 0 Å². The minimum absolute atomic E-state index is 0.0165. The SMILES string of the molecule is CC(C)[C@H](NCC(=O)NC(=O)Nc1ccccc1F)c1ccc(F)cc1. The molecule has 0 spiro atoms. The maximum atomic E-state index is 13.5. The molecule has 26 heavy (non-hydrogen) atoms. The number of rotatable bonds is 6. The van der Waals surface area contributed by atoms with Crippen molar-refractivity contribution in [1.82, 2.24) is 10.6 Å². The molecule has 0 fully saturated rings. The fraction of sp³-hybridized carbons (Fsp3) is 0.263. The van der Waals surface area contributed by atoms with Gasteiger partial charge in [0.1, 0.15) is 11.6 Å². The molecule has 0 heterocycles. The third kappa shape index (κ3) is 5.63. The second-order valence-corrected chi connectivity index (χ2v) is 6.14. The predicted molar refractivity (Wildman–Crippen MR) is 95.5 cm³/mol. The highest BCUT2D eigenvalue weighted by Crippen LogP contribution is 2.21. The van der Waals surface area contributed by atoms with E-state index in [1.54, 1.807) is 18.2 Å². The fourth-order valence-corrected chi connectivity index (χ4v) is 2.50.